The summed E-state index contributed by atoms with van der Waals surface area (Å²) in [6, 6.07) is 4.38. The van der Waals surface area contributed by atoms with Gasteiger partial charge < -0.3 is 14.6 Å². The van der Waals surface area contributed by atoms with Gasteiger partial charge in [-0.25, -0.2) is 13.1 Å². The van der Waals surface area contributed by atoms with Gasteiger partial charge in [0.25, 0.3) is 5.88 Å². The van der Waals surface area contributed by atoms with Crippen molar-refractivity contribution in [2.75, 3.05) is 10.5 Å². The van der Waals surface area contributed by atoms with E-state index in [-0.39, 0.29) is 11.5 Å². The third-order valence-corrected chi connectivity index (χ3v) is 4.30. The minimum atomic E-state index is -3.66. The molecule has 0 atom stereocenters. The van der Waals surface area contributed by atoms with Crippen LogP contribution in [0.2, 0.25) is 10.0 Å². The summed E-state index contributed by atoms with van der Waals surface area (Å²) < 4.78 is 30.2. The van der Waals surface area contributed by atoms with Crippen LogP contribution in [-0.2, 0) is 10.0 Å². The number of benzene rings is 1. The van der Waals surface area contributed by atoms with Crippen LogP contribution >= 0.6 is 23.2 Å². The van der Waals surface area contributed by atoms with Crippen LogP contribution in [0.4, 0.5) is 5.88 Å². The highest BCUT2D eigenvalue weighted by atomic mass is 35.5. The topological polar surface area (TPSA) is 99.8 Å². The van der Waals surface area contributed by atoms with Crippen LogP contribution in [0.1, 0.15) is 6.92 Å². The van der Waals surface area contributed by atoms with E-state index in [1.54, 1.807) is 0 Å². The molecule has 0 aliphatic carbocycles. The minimum absolute atomic E-state index is 0.147. The Morgan fingerprint density at radius 3 is 2.24 bits per heavy atom. The molecule has 0 bridgehead atoms. The number of aromatic hydroxyl groups is 2. The number of hydrogen-bond acceptors (Lipinski definition) is 5. The van der Waals surface area contributed by atoms with E-state index in [0.717, 1.165) is 0 Å². The van der Waals surface area contributed by atoms with Crippen molar-refractivity contribution >= 4 is 39.1 Å². The number of sulfonamides is 1. The third-order valence-electron chi connectivity index (χ3n) is 2.61. The van der Waals surface area contributed by atoms with Crippen LogP contribution in [0.25, 0.3) is 11.3 Å². The normalized spacial score (nSPS) is 11.6. The molecule has 2 rings (SSSR count). The van der Waals surface area contributed by atoms with Gasteiger partial charge in [0.05, 0.1) is 5.75 Å². The van der Waals surface area contributed by atoms with E-state index in [4.69, 9.17) is 27.6 Å². The van der Waals surface area contributed by atoms with Gasteiger partial charge in [-0.15, -0.1) is 0 Å². The number of rotatable bonds is 4. The fraction of sp³-hybridized carbons (Fsp3) is 0.167. The molecule has 21 heavy (non-hydrogen) atoms. The molecule has 0 unspecified atom stereocenters. The molecule has 0 saturated carbocycles. The highest BCUT2D eigenvalue weighted by molar-refractivity contribution is 7.92. The molecule has 0 aliphatic heterocycles. The molecule has 0 radical (unpaired) electrons. The molecule has 1 aromatic carbocycles. The molecule has 0 saturated heterocycles. The molecule has 3 N–H and O–H groups in total. The summed E-state index contributed by atoms with van der Waals surface area (Å²) in [4.78, 5) is 0. The molecular formula is C12H11Cl2NO5S. The second-order valence-corrected chi connectivity index (χ2v) is 7.00. The Labute approximate surface area is 131 Å². The summed E-state index contributed by atoms with van der Waals surface area (Å²) in [7, 11) is -3.66. The number of furan rings is 1. The van der Waals surface area contributed by atoms with Crippen molar-refractivity contribution in [2.45, 2.75) is 6.92 Å². The van der Waals surface area contributed by atoms with E-state index in [0.29, 0.717) is 15.6 Å². The molecular weight excluding hydrogens is 341 g/mol. The molecule has 9 heteroatoms. The summed E-state index contributed by atoms with van der Waals surface area (Å²) in [6.07, 6.45) is 0. The van der Waals surface area contributed by atoms with Crippen molar-refractivity contribution < 1.29 is 23.0 Å². The lowest BCUT2D eigenvalue weighted by Crippen LogP contribution is -2.14. The molecule has 0 amide bonds. The monoisotopic (exact) mass is 351 g/mol. The maximum atomic E-state index is 11.5. The van der Waals surface area contributed by atoms with Crippen LogP contribution in [0.5, 0.6) is 11.5 Å². The van der Waals surface area contributed by atoms with Crippen molar-refractivity contribution in [3.05, 3.63) is 28.2 Å². The minimum Gasteiger partial charge on any atom is -0.502 e. The van der Waals surface area contributed by atoms with Crippen LogP contribution in [0, 0.1) is 0 Å². The van der Waals surface area contributed by atoms with E-state index < -0.39 is 27.4 Å². The van der Waals surface area contributed by atoms with E-state index in [2.05, 4.69) is 0 Å². The molecule has 0 aliphatic rings. The van der Waals surface area contributed by atoms with Crippen molar-refractivity contribution in [1.82, 2.24) is 0 Å². The molecule has 0 spiro atoms. The smallest absolute Gasteiger partial charge is 0.253 e. The summed E-state index contributed by atoms with van der Waals surface area (Å²) in [5.74, 6) is -2.15. The Kier molecular flexibility index (Phi) is 4.27. The Morgan fingerprint density at radius 1 is 1.14 bits per heavy atom. The highest BCUT2D eigenvalue weighted by Crippen LogP contribution is 2.46. The van der Waals surface area contributed by atoms with Crippen LogP contribution < -0.4 is 4.72 Å². The summed E-state index contributed by atoms with van der Waals surface area (Å²) in [5.41, 5.74) is 0.294. The van der Waals surface area contributed by atoms with Gasteiger partial charge in [-0.1, -0.05) is 23.2 Å². The first-order valence-electron chi connectivity index (χ1n) is 5.75. The lowest BCUT2D eigenvalue weighted by atomic mass is 10.1. The lowest BCUT2D eigenvalue weighted by Gasteiger charge is -2.02. The van der Waals surface area contributed by atoms with Crippen molar-refractivity contribution in [2.24, 2.45) is 0 Å². The average Bonchev–Trinajstić information content (AvgIpc) is 2.66. The first-order valence-corrected chi connectivity index (χ1v) is 8.16. The molecule has 6 nitrogen and oxygen atoms in total. The lowest BCUT2D eigenvalue weighted by molar-refractivity contribution is 0.410. The number of nitrogens with one attached hydrogen (secondary N) is 1. The predicted octanol–water partition coefficient (Wildman–Crippen LogP) is 3.43. The molecule has 0 fully saturated rings. The maximum absolute atomic E-state index is 11.5. The highest BCUT2D eigenvalue weighted by Gasteiger charge is 2.24. The average molecular weight is 352 g/mol. The van der Waals surface area contributed by atoms with Crippen LogP contribution in [0.15, 0.2) is 22.6 Å². The molecule has 1 aromatic heterocycles. The number of halogens is 2. The summed E-state index contributed by atoms with van der Waals surface area (Å²) in [6.45, 7) is 1.42. The Balaban J connectivity index is 2.52. The standard InChI is InChI=1S/C12H11Cl2NO5S/c1-2-21(18,19)15-12-10(17)9(16)11(20-12)6-3-7(13)5-8(14)4-6/h3-5,15-17H,2H2,1H3. The number of anilines is 1. The zero-order chi connectivity index (χ0) is 15.8. The molecule has 1 heterocycles. The molecule has 114 valence electrons. The fourth-order valence-electron chi connectivity index (χ4n) is 1.58. The first-order chi connectivity index (χ1) is 9.73. The van der Waals surface area contributed by atoms with Gasteiger partial charge in [0, 0.05) is 15.6 Å². The van der Waals surface area contributed by atoms with E-state index in [1.807, 2.05) is 4.72 Å². The SMILES string of the molecule is CCS(=O)(=O)Nc1oc(-c2cc(Cl)cc(Cl)c2)c(O)c1O. The Hall–Kier alpha value is -1.57. The second-order valence-electron chi connectivity index (χ2n) is 4.12. The largest absolute Gasteiger partial charge is 0.502 e. The van der Waals surface area contributed by atoms with Gasteiger partial charge in [0.15, 0.2) is 5.76 Å². The maximum Gasteiger partial charge on any atom is 0.253 e. The zero-order valence-corrected chi connectivity index (χ0v) is 13.1. The Morgan fingerprint density at radius 2 is 1.71 bits per heavy atom. The zero-order valence-electron chi connectivity index (χ0n) is 10.7. The van der Waals surface area contributed by atoms with Crippen molar-refractivity contribution in [3.8, 4) is 22.8 Å². The third kappa shape index (κ3) is 3.37. The van der Waals surface area contributed by atoms with E-state index in [1.165, 1.54) is 25.1 Å². The van der Waals surface area contributed by atoms with Gasteiger partial charge in [0.2, 0.25) is 21.5 Å². The second kappa shape index (κ2) is 5.67. The van der Waals surface area contributed by atoms with Gasteiger partial charge in [-0.2, -0.15) is 0 Å². The van der Waals surface area contributed by atoms with Crippen molar-refractivity contribution in [3.63, 3.8) is 0 Å². The summed E-state index contributed by atoms with van der Waals surface area (Å²) in [5, 5.41) is 20.2. The van der Waals surface area contributed by atoms with Crippen LogP contribution in [-0.4, -0.2) is 24.4 Å². The number of hydrogen-bond donors (Lipinski definition) is 3. The van der Waals surface area contributed by atoms with E-state index in [9.17, 15) is 18.6 Å². The van der Waals surface area contributed by atoms with Crippen LogP contribution in [0.3, 0.4) is 0 Å². The van der Waals surface area contributed by atoms with Crippen molar-refractivity contribution in [1.29, 1.82) is 0 Å². The Bertz CT molecular complexity index is 765. The summed E-state index contributed by atoms with van der Waals surface area (Å²) >= 11 is 11.7. The van der Waals surface area contributed by atoms with Gasteiger partial charge >= 0.3 is 0 Å². The van der Waals surface area contributed by atoms with Gasteiger partial charge in [-0.3, -0.25) is 0 Å². The fourth-order valence-corrected chi connectivity index (χ4v) is 2.67. The molecule has 2 aromatic rings. The first kappa shape index (κ1) is 15.8. The van der Waals surface area contributed by atoms with E-state index >= 15 is 0 Å². The predicted molar refractivity (Wildman–Crippen MR) is 80.6 cm³/mol. The quantitative estimate of drug-likeness (QED) is 0.783. The van der Waals surface area contributed by atoms with Gasteiger partial charge in [-0.05, 0) is 25.1 Å². The van der Waals surface area contributed by atoms with Gasteiger partial charge in [0.1, 0.15) is 0 Å².